The first-order valence-corrected chi connectivity index (χ1v) is 10.5. The zero-order chi connectivity index (χ0) is 22.7. The Labute approximate surface area is 189 Å². The van der Waals surface area contributed by atoms with Gasteiger partial charge in [-0.1, -0.05) is 29.3 Å². The number of hydrogen-bond donors (Lipinski definition) is 1. The normalized spacial score (nSPS) is 14.8. The van der Waals surface area contributed by atoms with Crippen LogP contribution in [0.25, 0.3) is 0 Å². The van der Waals surface area contributed by atoms with Gasteiger partial charge in [0.25, 0.3) is 11.6 Å². The maximum Gasteiger partial charge on any atom is 0.293 e. The lowest BCUT2D eigenvalue weighted by atomic mass is 10.1. The highest BCUT2D eigenvalue weighted by atomic mass is 35.5. The molecule has 1 heterocycles. The first-order valence-electron chi connectivity index (χ1n) is 9.72. The molecule has 0 spiro atoms. The second kappa shape index (κ2) is 9.53. The number of anilines is 1. The molecule has 0 bridgehead atoms. The van der Waals surface area contributed by atoms with Crippen molar-refractivity contribution in [3.63, 3.8) is 0 Å². The summed E-state index contributed by atoms with van der Waals surface area (Å²) in [4.78, 5) is 39.0. The van der Waals surface area contributed by atoms with Gasteiger partial charge in [0.05, 0.1) is 11.0 Å². The molecule has 1 N–H and O–H groups in total. The third-order valence-corrected chi connectivity index (χ3v) is 5.84. The number of nitro benzene ring substituents is 1. The summed E-state index contributed by atoms with van der Waals surface area (Å²) >= 11 is 12.1. The van der Waals surface area contributed by atoms with Crippen molar-refractivity contribution in [2.24, 2.45) is 0 Å². The molecule has 0 saturated carbocycles. The average Bonchev–Trinajstić information content (AvgIpc) is 2.73. The Kier molecular flexibility index (Phi) is 7.02. The van der Waals surface area contributed by atoms with Crippen molar-refractivity contribution in [3.05, 3.63) is 67.7 Å². The highest BCUT2D eigenvalue weighted by Gasteiger charge is 2.26. The summed E-state index contributed by atoms with van der Waals surface area (Å²) in [6.45, 7) is 5.23. The van der Waals surface area contributed by atoms with Crippen LogP contribution < -0.4 is 10.2 Å². The maximum atomic E-state index is 12.7. The predicted molar refractivity (Wildman–Crippen MR) is 120 cm³/mol. The molecule has 2 amide bonds. The van der Waals surface area contributed by atoms with Crippen LogP contribution in [-0.2, 0) is 4.79 Å². The van der Waals surface area contributed by atoms with Gasteiger partial charge >= 0.3 is 0 Å². The highest BCUT2D eigenvalue weighted by molar-refractivity contribution is 6.35. The Balaban J connectivity index is 1.78. The number of rotatable bonds is 5. The monoisotopic (exact) mass is 464 g/mol. The van der Waals surface area contributed by atoms with Crippen LogP contribution >= 0.6 is 23.2 Å². The number of hydrogen-bond acceptors (Lipinski definition) is 5. The summed E-state index contributed by atoms with van der Waals surface area (Å²) in [5, 5.41) is 15.4. The summed E-state index contributed by atoms with van der Waals surface area (Å²) in [6.07, 6.45) is 0. The zero-order valence-electron chi connectivity index (χ0n) is 17.1. The van der Waals surface area contributed by atoms with Crippen molar-refractivity contribution in [2.75, 3.05) is 31.1 Å². The molecule has 3 rings (SSSR count). The van der Waals surface area contributed by atoms with Gasteiger partial charge in [0.15, 0.2) is 0 Å². The fraction of sp³-hybridized carbons (Fsp3) is 0.333. The standard InChI is InChI=1S/C21H22Cl2N4O4/c1-13(17-5-4-16(22)12-18(17)23)24-21(29)15-3-6-19(20(11-15)27(30)31)26-9-7-25(8-10-26)14(2)28/h3-6,11-13H,7-10H2,1-2H3,(H,24,29). The van der Waals surface area contributed by atoms with Crippen molar-refractivity contribution in [1.82, 2.24) is 10.2 Å². The topological polar surface area (TPSA) is 95.8 Å². The van der Waals surface area contributed by atoms with Gasteiger partial charge in [0.1, 0.15) is 5.69 Å². The molecule has 2 aromatic carbocycles. The molecule has 1 aliphatic rings. The molecule has 31 heavy (non-hydrogen) atoms. The number of benzene rings is 2. The van der Waals surface area contributed by atoms with Crippen LogP contribution in [0.5, 0.6) is 0 Å². The number of piperazine rings is 1. The molecule has 1 saturated heterocycles. The molecule has 0 aromatic heterocycles. The van der Waals surface area contributed by atoms with Crippen LogP contribution in [0.15, 0.2) is 36.4 Å². The smallest absolute Gasteiger partial charge is 0.293 e. The van der Waals surface area contributed by atoms with Crippen LogP contribution in [0.3, 0.4) is 0 Å². The predicted octanol–water partition coefficient (Wildman–Crippen LogP) is 4.06. The molecule has 10 heteroatoms. The fourth-order valence-electron chi connectivity index (χ4n) is 3.55. The second-order valence-electron chi connectivity index (χ2n) is 7.31. The van der Waals surface area contributed by atoms with Crippen molar-refractivity contribution in [1.29, 1.82) is 0 Å². The number of halogens is 2. The number of nitrogens with zero attached hydrogens (tertiary/aromatic N) is 3. The Morgan fingerprint density at radius 1 is 1.10 bits per heavy atom. The summed E-state index contributed by atoms with van der Waals surface area (Å²) < 4.78 is 0. The van der Waals surface area contributed by atoms with Gasteiger partial charge in [-0.15, -0.1) is 0 Å². The van der Waals surface area contributed by atoms with Gasteiger partial charge in [-0.3, -0.25) is 19.7 Å². The number of nitrogens with one attached hydrogen (secondary N) is 1. The Hall–Kier alpha value is -2.84. The average molecular weight is 465 g/mol. The summed E-state index contributed by atoms with van der Waals surface area (Å²) in [7, 11) is 0. The van der Waals surface area contributed by atoms with E-state index in [0.717, 1.165) is 0 Å². The summed E-state index contributed by atoms with van der Waals surface area (Å²) in [5.41, 5.74) is 1.14. The molecular weight excluding hydrogens is 443 g/mol. The zero-order valence-corrected chi connectivity index (χ0v) is 18.6. The number of carbonyl (C=O) groups is 2. The van der Waals surface area contributed by atoms with Gasteiger partial charge in [-0.05, 0) is 36.8 Å². The third kappa shape index (κ3) is 5.26. The molecule has 1 fully saturated rings. The number of amides is 2. The van der Waals surface area contributed by atoms with Gasteiger partial charge < -0.3 is 15.1 Å². The molecule has 1 unspecified atom stereocenters. The summed E-state index contributed by atoms with van der Waals surface area (Å²) in [6, 6.07) is 8.99. The van der Waals surface area contributed by atoms with Gasteiger partial charge in [0.2, 0.25) is 5.91 Å². The van der Waals surface area contributed by atoms with Crippen LogP contribution in [0, 0.1) is 10.1 Å². The van der Waals surface area contributed by atoms with E-state index in [1.807, 2.05) is 4.90 Å². The van der Waals surface area contributed by atoms with Gasteiger partial charge in [0, 0.05) is 54.8 Å². The van der Waals surface area contributed by atoms with E-state index in [4.69, 9.17) is 23.2 Å². The van der Waals surface area contributed by atoms with E-state index in [0.29, 0.717) is 47.5 Å². The van der Waals surface area contributed by atoms with Crippen LogP contribution in [0.4, 0.5) is 11.4 Å². The van der Waals surface area contributed by atoms with Gasteiger partial charge in [-0.25, -0.2) is 0 Å². The van der Waals surface area contributed by atoms with E-state index in [9.17, 15) is 19.7 Å². The SMILES string of the molecule is CC(=O)N1CCN(c2ccc(C(=O)NC(C)c3ccc(Cl)cc3Cl)cc2[N+](=O)[O-])CC1. The van der Waals surface area contributed by atoms with Crippen LogP contribution in [-0.4, -0.2) is 47.8 Å². The van der Waals surface area contributed by atoms with E-state index >= 15 is 0 Å². The van der Waals surface area contributed by atoms with E-state index < -0.39 is 16.9 Å². The quantitative estimate of drug-likeness (QED) is 0.531. The lowest BCUT2D eigenvalue weighted by Gasteiger charge is -2.35. The van der Waals surface area contributed by atoms with Gasteiger partial charge in [-0.2, -0.15) is 0 Å². The van der Waals surface area contributed by atoms with Crippen molar-refractivity contribution in [3.8, 4) is 0 Å². The Morgan fingerprint density at radius 2 is 1.77 bits per heavy atom. The van der Waals surface area contributed by atoms with E-state index in [1.165, 1.54) is 13.0 Å². The third-order valence-electron chi connectivity index (χ3n) is 5.28. The highest BCUT2D eigenvalue weighted by Crippen LogP contribution is 2.31. The van der Waals surface area contributed by atoms with Crippen LogP contribution in [0.1, 0.15) is 35.8 Å². The number of carbonyl (C=O) groups excluding carboxylic acids is 2. The molecule has 1 aliphatic heterocycles. The van der Waals surface area contributed by atoms with E-state index in [2.05, 4.69) is 5.32 Å². The first kappa shape index (κ1) is 22.8. The van der Waals surface area contributed by atoms with Crippen molar-refractivity contribution >= 4 is 46.4 Å². The molecule has 2 aromatic rings. The Bertz CT molecular complexity index is 1020. The molecule has 1 atom stereocenters. The molecular formula is C21H22Cl2N4O4. The molecule has 0 aliphatic carbocycles. The molecule has 0 radical (unpaired) electrons. The van der Waals surface area contributed by atoms with E-state index in [-0.39, 0.29) is 17.2 Å². The largest absolute Gasteiger partial charge is 0.362 e. The molecule has 164 valence electrons. The first-order chi connectivity index (χ1) is 14.7. The minimum atomic E-state index is -0.497. The van der Waals surface area contributed by atoms with Crippen molar-refractivity contribution in [2.45, 2.75) is 19.9 Å². The van der Waals surface area contributed by atoms with E-state index in [1.54, 1.807) is 42.2 Å². The van der Waals surface area contributed by atoms with Crippen LogP contribution in [0.2, 0.25) is 10.0 Å². The minimum Gasteiger partial charge on any atom is -0.362 e. The lowest BCUT2D eigenvalue weighted by Crippen LogP contribution is -2.48. The maximum absolute atomic E-state index is 12.7. The molecule has 8 nitrogen and oxygen atoms in total. The minimum absolute atomic E-state index is 0.0175. The number of nitro groups is 1. The summed E-state index contributed by atoms with van der Waals surface area (Å²) in [5.74, 6) is -0.467. The fourth-order valence-corrected chi connectivity index (χ4v) is 4.12. The Morgan fingerprint density at radius 3 is 2.35 bits per heavy atom. The van der Waals surface area contributed by atoms with Crippen molar-refractivity contribution < 1.29 is 14.5 Å². The second-order valence-corrected chi connectivity index (χ2v) is 8.16. The lowest BCUT2D eigenvalue weighted by molar-refractivity contribution is -0.384.